The van der Waals surface area contributed by atoms with Gasteiger partial charge in [-0.2, -0.15) is 0 Å². The molecule has 0 saturated carbocycles. The van der Waals surface area contributed by atoms with Crippen LogP contribution in [0.5, 0.6) is 0 Å². The Morgan fingerprint density at radius 3 is 0.600 bits per heavy atom. The van der Waals surface area contributed by atoms with Gasteiger partial charge in [0.1, 0.15) is 0 Å². The topological polar surface area (TPSA) is 85.5 Å². The van der Waals surface area contributed by atoms with Crippen LogP contribution in [-0.4, -0.2) is 0 Å². The van der Waals surface area contributed by atoms with Crippen LogP contribution in [0.4, 0.5) is 0 Å². The first kappa shape index (κ1) is 48.9. The van der Waals surface area contributed by atoms with E-state index in [0.29, 0.717) is 0 Å². The van der Waals surface area contributed by atoms with E-state index in [9.17, 15) is 0 Å². The van der Waals surface area contributed by atoms with Gasteiger partial charge in [0.05, 0.1) is 0 Å². The van der Waals surface area contributed by atoms with Gasteiger partial charge < -0.3 is 16.4 Å². The molecule has 0 spiro atoms. The zero-order valence-corrected chi connectivity index (χ0v) is 8.57. The van der Waals surface area contributed by atoms with Gasteiger partial charge in [-0.15, -0.1) is 0 Å². The first-order chi connectivity index (χ1) is 0. The molecular weight excluding hydrogens is 332 g/mol. The fourth-order valence-corrected chi connectivity index (χ4v) is 0. The molecule has 3 nitrogen and oxygen atoms in total. The molecule has 0 aliphatic heterocycles. The molecule has 0 atom stereocenters. The quantitative estimate of drug-likeness (QED) is 0.580. The molecule has 0 aromatic rings. The van der Waals surface area contributed by atoms with E-state index in [2.05, 4.69) is 0 Å². The summed E-state index contributed by atoms with van der Waals surface area (Å²) in [4.78, 5) is 0. The number of rotatable bonds is 0. The molecule has 0 amide bonds. The van der Waals surface area contributed by atoms with Gasteiger partial charge in [0.15, 0.2) is 0 Å². The molecule has 0 saturated heterocycles. The van der Waals surface area contributed by atoms with E-state index in [1.807, 2.05) is 0 Å². The second kappa shape index (κ2) is 30.6. The molecule has 0 rings (SSSR count). The molecule has 5 heavy (non-hydrogen) atoms. The van der Waals surface area contributed by atoms with Crippen molar-refractivity contribution in [1.82, 2.24) is 0 Å². The van der Waals surface area contributed by atoms with Crippen LogP contribution in [0, 0.1) is 82.6 Å². The zero-order chi connectivity index (χ0) is 0. The molecule has 5 heteroatoms. The van der Waals surface area contributed by atoms with E-state index in [1.165, 1.54) is 0 Å². The summed E-state index contributed by atoms with van der Waals surface area (Å²) in [5.41, 5.74) is 0. The molecule has 26 valence electrons. The largest absolute Gasteiger partial charge is 3.00 e. The van der Waals surface area contributed by atoms with Crippen LogP contribution < -0.4 is 0 Å². The maximum absolute atomic E-state index is 0. The van der Waals surface area contributed by atoms with Crippen molar-refractivity contribution in [3.05, 3.63) is 0 Å². The minimum Gasteiger partial charge on any atom is -2.00 e. The zero-order valence-electron chi connectivity index (χ0n) is 2.22. The minimum absolute atomic E-state index is 0. The molecule has 0 heterocycles. The predicted octanol–water partition coefficient (Wildman–Crippen LogP) is -0.356. The van der Waals surface area contributed by atoms with Gasteiger partial charge in [0.2, 0.25) is 0 Å². The van der Waals surface area contributed by atoms with Crippen LogP contribution in [-0.2, 0) is 16.4 Å². The molecule has 2 radical (unpaired) electrons. The number of hydrogen-bond donors (Lipinski definition) is 0. The van der Waals surface area contributed by atoms with Crippen LogP contribution >= 0.6 is 0 Å². The van der Waals surface area contributed by atoms with Gasteiger partial charge in [-0.25, -0.2) is 0 Å². The van der Waals surface area contributed by atoms with Gasteiger partial charge in [-0.3, -0.25) is 0 Å². The van der Waals surface area contributed by atoms with Crippen LogP contribution in [0.25, 0.3) is 0 Å². The van der Waals surface area contributed by atoms with Gasteiger partial charge in [0.25, 0.3) is 0 Å². The van der Waals surface area contributed by atoms with E-state index in [1.54, 1.807) is 0 Å². The third-order valence-electron chi connectivity index (χ3n) is 0. The summed E-state index contributed by atoms with van der Waals surface area (Å²) in [5, 5.41) is 0. The van der Waals surface area contributed by atoms with Gasteiger partial charge >= 0.3 is 82.6 Å². The fraction of sp³-hybridized carbons (Fsp3) is 0. The van der Waals surface area contributed by atoms with E-state index < -0.39 is 0 Å². The Morgan fingerprint density at radius 2 is 0.600 bits per heavy atom. The maximum atomic E-state index is 0. The Morgan fingerprint density at radius 1 is 0.600 bits per heavy atom. The predicted molar refractivity (Wildman–Crippen MR) is 2.06 cm³/mol. The SMILES string of the molecule is [Ce+3].[Nd+3].[O-2].[O-2].[O-2]. The summed E-state index contributed by atoms with van der Waals surface area (Å²) in [7, 11) is 0. The van der Waals surface area contributed by atoms with E-state index >= 15 is 0 Å². The Bertz CT molecular complexity index is 6.85. The van der Waals surface area contributed by atoms with Crippen molar-refractivity contribution in [2.75, 3.05) is 0 Å². The average Bonchev–Trinajstić information content (AvgIpc) is 0. The molecule has 0 bridgehead atoms. The third kappa shape index (κ3) is 20.6. The Labute approximate surface area is 96.7 Å². The van der Waals surface area contributed by atoms with E-state index in [0.717, 1.165) is 0 Å². The Balaban J connectivity index is 0. The molecule has 0 aromatic carbocycles. The summed E-state index contributed by atoms with van der Waals surface area (Å²) < 4.78 is 0. The third-order valence-corrected chi connectivity index (χ3v) is 0. The smallest absolute Gasteiger partial charge is 2.00 e. The Hall–Kier alpha value is 2.61. The first-order valence-corrected chi connectivity index (χ1v) is 0. The first-order valence-electron chi connectivity index (χ1n) is 0. The van der Waals surface area contributed by atoms with E-state index in [4.69, 9.17) is 0 Å². The molecule has 0 N–H and O–H groups in total. The standard InChI is InChI=1S/Ce.Nd.3O/q2*+3;3*-2. The van der Waals surface area contributed by atoms with Crippen molar-refractivity contribution in [2.45, 2.75) is 0 Å². The van der Waals surface area contributed by atoms with Crippen LogP contribution in [0.1, 0.15) is 0 Å². The van der Waals surface area contributed by atoms with Crippen molar-refractivity contribution in [3.8, 4) is 0 Å². The summed E-state index contributed by atoms with van der Waals surface area (Å²) in [6, 6.07) is 0. The average molecular weight is 332 g/mol. The van der Waals surface area contributed by atoms with Gasteiger partial charge in [-0.1, -0.05) is 0 Å². The van der Waals surface area contributed by atoms with Crippen molar-refractivity contribution in [2.24, 2.45) is 0 Å². The second-order valence-electron chi connectivity index (χ2n) is 0. The van der Waals surface area contributed by atoms with Crippen molar-refractivity contribution in [3.63, 3.8) is 0 Å². The van der Waals surface area contributed by atoms with Gasteiger partial charge in [-0.05, 0) is 0 Å². The van der Waals surface area contributed by atoms with Crippen LogP contribution in [0.15, 0.2) is 0 Å². The summed E-state index contributed by atoms with van der Waals surface area (Å²) in [6.45, 7) is 0. The van der Waals surface area contributed by atoms with Crippen molar-refractivity contribution in [1.29, 1.82) is 0 Å². The molecule has 0 fully saturated rings. The normalized spacial score (nSPS) is 0. The summed E-state index contributed by atoms with van der Waals surface area (Å²) in [5.74, 6) is 0. The van der Waals surface area contributed by atoms with E-state index in [-0.39, 0.29) is 99.0 Å². The molecule has 0 aliphatic rings. The number of hydrogen-bond acceptors (Lipinski definition) is 0. The maximum Gasteiger partial charge on any atom is 3.00 e. The Kier molecular flexibility index (Phi) is 299. The fourth-order valence-electron chi connectivity index (χ4n) is 0. The summed E-state index contributed by atoms with van der Waals surface area (Å²) in [6.07, 6.45) is 0. The van der Waals surface area contributed by atoms with Crippen LogP contribution in [0.2, 0.25) is 0 Å². The minimum atomic E-state index is 0. The van der Waals surface area contributed by atoms with Crippen molar-refractivity contribution >= 4 is 0 Å². The van der Waals surface area contributed by atoms with Crippen LogP contribution in [0.3, 0.4) is 0 Å². The molecule has 0 unspecified atom stereocenters. The molecule has 0 aromatic heterocycles. The second-order valence-corrected chi connectivity index (χ2v) is 0. The van der Waals surface area contributed by atoms with Crippen molar-refractivity contribution < 1.29 is 99.0 Å². The molecular formula is CeNdO3. The van der Waals surface area contributed by atoms with Gasteiger partial charge in [0, 0.05) is 0 Å². The molecule has 0 aliphatic carbocycles. The summed E-state index contributed by atoms with van der Waals surface area (Å²) >= 11 is 0. The monoisotopic (exact) mass is 330 g/mol.